The fraction of sp³-hybridized carbons (Fsp3) is 0.385. The Labute approximate surface area is 117 Å². The molecule has 0 bridgehead atoms. The van der Waals surface area contributed by atoms with Gasteiger partial charge in [-0.05, 0) is 25.2 Å². The van der Waals surface area contributed by atoms with Gasteiger partial charge in [0.1, 0.15) is 0 Å². The first-order valence-electron chi connectivity index (χ1n) is 5.82. The number of benzene rings is 1. The highest BCUT2D eigenvalue weighted by atomic mass is 35.5. The van der Waals surface area contributed by atoms with Crippen LogP contribution in [-0.4, -0.2) is 44.0 Å². The minimum atomic E-state index is -0.290. The monoisotopic (exact) mass is 284 g/mol. The molecule has 0 saturated carbocycles. The normalized spacial score (nSPS) is 10.3. The lowest BCUT2D eigenvalue weighted by atomic mass is 10.3. The summed E-state index contributed by atoms with van der Waals surface area (Å²) in [5.74, 6) is -0.447. The third-order valence-corrected chi connectivity index (χ3v) is 2.68. The number of amides is 1. The summed E-state index contributed by atoms with van der Waals surface area (Å²) in [6.45, 7) is 0.666. The molecule has 1 N–H and O–H groups in total. The fourth-order valence-electron chi connectivity index (χ4n) is 1.48. The summed E-state index contributed by atoms with van der Waals surface area (Å²) in [7, 11) is 3.11. The van der Waals surface area contributed by atoms with Gasteiger partial charge in [-0.3, -0.25) is 14.5 Å². The van der Waals surface area contributed by atoms with Gasteiger partial charge >= 0.3 is 5.97 Å². The van der Waals surface area contributed by atoms with Gasteiger partial charge in [0.2, 0.25) is 5.91 Å². The van der Waals surface area contributed by atoms with Crippen LogP contribution in [0.25, 0.3) is 0 Å². The number of rotatable bonds is 6. The summed E-state index contributed by atoms with van der Waals surface area (Å²) in [6, 6.07) is 6.94. The van der Waals surface area contributed by atoms with Crippen molar-refractivity contribution in [2.75, 3.05) is 32.6 Å². The van der Waals surface area contributed by atoms with Crippen LogP contribution in [0.5, 0.6) is 0 Å². The van der Waals surface area contributed by atoms with Crippen molar-refractivity contribution >= 4 is 29.2 Å². The Morgan fingerprint density at radius 1 is 1.42 bits per heavy atom. The van der Waals surface area contributed by atoms with E-state index in [0.29, 0.717) is 17.3 Å². The summed E-state index contributed by atoms with van der Waals surface area (Å²) in [5, 5.41) is 3.30. The van der Waals surface area contributed by atoms with E-state index in [1.54, 1.807) is 36.2 Å². The molecule has 0 aliphatic carbocycles. The maximum atomic E-state index is 11.7. The number of esters is 1. The van der Waals surface area contributed by atoms with Crippen LogP contribution in [0.1, 0.15) is 6.42 Å². The number of anilines is 1. The molecule has 0 saturated heterocycles. The standard InChI is InChI=1S/C13H17ClN2O3/c1-16(7-6-13(18)19-2)9-12(17)15-11-5-3-4-10(14)8-11/h3-5,8H,6-7,9H2,1-2H3,(H,15,17). The summed E-state index contributed by atoms with van der Waals surface area (Å²) < 4.78 is 4.53. The van der Waals surface area contributed by atoms with Gasteiger partial charge in [-0.15, -0.1) is 0 Å². The van der Waals surface area contributed by atoms with Gasteiger partial charge in [-0.25, -0.2) is 0 Å². The van der Waals surface area contributed by atoms with Crippen LogP contribution in [0.4, 0.5) is 5.69 Å². The first-order chi connectivity index (χ1) is 9.01. The molecule has 1 aromatic rings. The Morgan fingerprint density at radius 2 is 2.16 bits per heavy atom. The second kappa shape index (κ2) is 7.76. The van der Waals surface area contributed by atoms with E-state index in [1.807, 2.05) is 0 Å². The minimum Gasteiger partial charge on any atom is -0.469 e. The lowest BCUT2D eigenvalue weighted by Crippen LogP contribution is -2.31. The Morgan fingerprint density at radius 3 is 2.79 bits per heavy atom. The molecule has 6 heteroatoms. The van der Waals surface area contributed by atoms with Gasteiger partial charge in [0.05, 0.1) is 20.1 Å². The zero-order valence-electron chi connectivity index (χ0n) is 11.0. The van der Waals surface area contributed by atoms with Gasteiger partial charge in [-0.2, -0.15) is 0 Å². The van der Waals surface area contributed by atoms with Crippen LogP contribution in [0.2, 0.25) is 5.02 Å². The summed E-state index contributed by atoms with van der Waals surface area (Å²) in [5.41, 5.74) is 0.652. The lowest BCUT2D eigenvalue weighted by molar-refractivity contribution is -0.141. The predicted molar refractivity (Wildman–Crippen MR) is 74.2 cm³/mol. The molecule has 0 unspecified atom stereocenters. The maximum Gasteiger partial charge on any atom is 0.306 e. The lowest BCUT2D eigenvalue weighted by Gasteiger charge is -2.15. The van der Waals surface area contributed by atoms with Crippen molar-refractivity contribution in [2.24, 2.45) is 0 Å². The molecule has 19 heavy (non-hydrogen) atoms. The molecule has 0 aliphatic heterocycles. The Kier molecular flexibility index (Phi) is 6.32. The van der Waals surface area contributed by atoms with E-state index in [4.69, 9.17) is 11.6 Å². The van der Waals surface area contributed by atoms with E-state index < -0.39 is 0 Å². The van der Waals surface area contributed by atoms with Crippen molar-refractivity contribution in [3.05, 3.63) is 29.3 Å². The molecule has 1 rings (SSSR count). The second-order valence-electron chi connectivity index (χ2n) is 4.12. The third-order valence-electron chi connectivity index (χ3n) is 2.45. The smallest absolute Gasteiger partial charge is 0.306 e. The third kappa shape index (κ3) is 6.22. The number of nitrogens with zero attached hydrogens (tertiary/aromatic N) is 1. The van der Waals surface area contributed by atoms with Crippen molar-refractivity contribution in [2.45, 2.75) is 6.42 Å². The predicted octanol–water partition coefficient (Wildman–Crippen LogP) is 1.77. The molecule has 1 amide bonds. The molecular weight excluding hydrogens is 268 g/mol. The number of carbonyl (C=O) groups is 2. The first-order valence-corrected chi connectivity index (χ1v) is 6.20. The van der Waals surface area contributed by atoms with E-state index >= 15 is 0 Å². The van der Waals surface area contributed by atoms with Crippen LogP contribution < -0.4 is 5.32 Å². The minimum absolute atomic E-state index is 0.158. The molecule has 5 nitrogen and oxygen atoms in total. The maximum absolute atomic E-state index is 11.7. The zero-order valence-corrected chi connectivity index (χ0v) is 11.7. The molecular formula is C13H17ClN2O3. The number of ether oxygens (including phenoxy) is 1. The molecule has 0 aromatic heterocycles. The van der Waals surface area contributed by atoms with E-state index in [2.05, 4.69) is 10.1 Å². The SMILES string of the molecule is COC(=O)CCN(C)CC(=O)Nc1cccc(Cl)c1. The average Bonchev–Trinajstić information content (AvgIpc) is 2.35. The Bertz CT molecular complexity index is 451. The topological polar surface area (TPSA) is 58.6 Å². The highest BCUT2D eigenvalue weighted by Crippen LogP contribution is 2.14. The van der Waals surface area contributed by atoms with Crippen molar-refractivity contribution in [1.82, 2.24) is 4.90 Å². The zero-order chi connectivity index (χ0) is 14.3. The molecule has 0 aliphatic rings. The second-order valence-corrected chi connectivity index (χ2v) is 4.56. The number of methoxy groups -OCH3 is 1. The fourth-order valence-corrected chi connectivity index (χ4v) is 1.67. The number of carbonyl (C=O) groups excluding carboxylic acids is 2. The number of nitrogens with one attached hydrogen (secondary N) is 1. The van der Waals surface area contributed by atoms with Crippen molar-refractivity contribution in [3.8, 4) is 0 Å². The highest BCUT2D eigenvalue weighted by molar-refractivity contribution is 6.30. The van der Waals surface area contributed by atoms with Crippen molar-refractivity contribution in [1.29, 1.82) is 0 Å². The summed E-state index contributed by atoms with van der Waals surface area (Å²) in [4.78, 5) is 24.4. The number of halogens is 1. The Hall–Kier alpha value is -1.59. The van der Waals surface area contributed by atoms with Crippen LogP contribution in [0, 0.1) is 0 Å². The summed E-state index contributed by atoms with van der Waals surface area (Å²) in [6.07, 6.45) is 0.261. The molecule has 1 aromatic carbocycles. The van der Waals surface area contributed by atoms with Gasteiger partial charge in [0.25, 0.3) is 0 Å². The van der Waals surface area contributed by atoms with Gasteiger partial charge < -0.3 is 10.1 Å². The van der Waals surface area contributed by atoms with E-state index in [9.17, 15) is 9.59 Å². The number of hydrogen-bond acceptors (Lipinski definition) is 4. The van der Waals surface area contributed by atoms with Gasteiger partial charge in [0.15, 0.2) is 0 Å². The first kappa shape index (κ1) is 15.5. The van der Waals surface area contributed by atoms with E-state index in [-0.39, 0.29) is 24.8 Å². The van der Waals surface area contributed by atoms with Crippen molar-refractivity contribution < 1.29 is 14.3 Å². The van der Waals surface area contributed by atoms with Gasteiger partial charge in [0, 0.05) is 17.3 Å². The van der Waals surface area contributed by atoms with Crippen LogP contribution in [0.15, 0.2) is 24.3 Å². The molecule has 0 atom stereocenters. The molecule has 0 heterocycles. The number of hydrogen-bond donors (Lipinski definition) is 1. The van der Waals surface area contributed by atoms with E-state index in [0.717, 1.165) is 0 Å². The molecule has 104 valence electrons. The summed E-state index contributed by atoms with van der Waals surface area (Å²) >= 11 is 5.82. The molecule has 0 radical (unpaired) electrons. The van der Waals surface area contributed by atoms with Crippen LogP contribution in [-0.2, 0) is 14.3 Å². The Balaban J connectivity index is 2.36. The van der Waals surface area contributed by atoms with Crippen molar-refractivity contribution in [3.63, 3.8) is 0 Å². The van der Waals surface area contributed by atoms with Crippen LogP contribution >= 0.6 is 11.6 Å². The largest absolute Gasteiger partial charge is 0.469 e. The highest BCUT2D eigenvalue weighted by Gasteiger charge is 2.09. The average molecular weight is 285 g/mol. The quantitative estimate of drug-likeness (QED) is 0.809. The molecule has 0 fully saturated rings. The van der Waals surface area contributed by atoms with Gasteiger partial charge in [-0.1, -0.05) is 17.7 Å². The van der Waals surface area contributed by atoms with Crippen LogP contribution in [0.3, 0.4) is 0 Å². The number of likely N-dealkylation sites (N-methyl/N-ethyl adjacent to an activating group) is 1. The molecule has 0 spiro atoms. The van der Waals surface area contributed by atoms with E-state index in [1.165, 1.54) is 7.11 Å².